The zero-order valence-electron chi connectivity index (χ0n) is 10.1. The van der Waals surface area contributed by atoms with Gasteiger partial charge in [0.05, 0.1) is 7.11 Å². The van der Waals surface area contributed by atoms with Crippen LogP contribution in [0.4, 0.5) is 0 Å². The molecule has 2 aromatic heterocycles. The lowest BCUT2D eigenvalue weighted by Gasteiger charge is -2.11. The number of aliphatic hydroxyl groups excluding tert-OH is 1. The first kappa shape index (κ1) is 12.1. The lowest BCUT2D eigenvalue weighted by molar-refractivity contribution is 0.213. The van der Waals surface area contributed by atoms with Gasteiger partial charge in [-0.15, -0.1) is 11.3 Å². The second-order valence-corrected chi connectivity index (χ2v) is 5.17. The van der Waals surface area contributed by atoms with Crippen molar-refractivity contribution >= 4 is 11.3 Å². The van der Waals surface area contributed by atoms with Gasteiger partial charge >= 0.3 is 0 Å². The van der Waals surface area contributed by atoms with Crippen LogP contribution < -0.4 is 4.74 Å². The molecular weight excluding hydrogens is 234 g/mol. The smallest absolute Gasteiger partial charge is 0.143 e. The topological polar surface area (TPSA) is 42.4 Å². The van der Waals surface area contributed by atoms with Crippen LogP contribution in [0.15, 0.2) is 24.4 Å². The third-order valence-electron chi connectivity index (χ3n) is 2.73. The molecule has 2 rings (SSSR count). The van der Waals surface area contributed by atoms with E-state index in [0.717, 1.165) is 4.88 Å². The minimum absolute atomic E-state index is 0.566. The first-order valence-electron chi connectivity index (χ1n) is 5.37. The average molecular weight is 249 g/mol. The molecule has 1 atom stereocenters. The second kappa shape index (κ2) is 4.85. The van der Waals surface area contributed by atoms with Crippen molar-refractivity contribution in [1.29, 1.82) is 0 Å². The van der Waals surface area contributed by atoms with Gasteiger partial charge in [-0.25, -0.2) is 0 Å². The average Bonchev–Trinajstić information content (AvgIpc) is 2.68. The first-order valence-corrected chi connectivity index (χ1v) is 6.19. The van der Waals surface area contributed by atoms with Gasteiger partial charge in [-0.3, -0.25) is 4.98 Å². The lowest BCUT2D eigenvalue weighted by Crippen LogP contribution is -2.03. The van der Waals surface area contributed by atoms with E-state index in [-0.39, 0.29) is 0 Å². The van der Waals surface area contributed by atoms with Gasteiger partial charge in [-0.1, -0.05) is 0 Å². The molecule has 0 radical (unpaired) electrons. The van der Waals surface area contributed by atoms with E-state index < -0.39 is 6.10 Å². The van der Waals surface area contributed by atoms with Crippen molar-refractivity contribution in [2.45, 2.75) is 20.0 Å². The number of nitrogens with zero attached hydrogens (tertiary/aromatic N) is 1. The third-order valence-corrected chi connectivity index (χ3v) is 3.94. The summed E-state index contributed by atoms with van der Waals surface area (Å²) in [5.74, 6) is 0.615. The summed E-state index contributed by atoms with van der Waals surface area (Å²) in [5.41, 5.74) is 1.76. The summed E-state index contributed by atoms with van der Waals surface area (Å²) in [4.78, 5) is 6.31. The maximum atomic E-state index is 10.3. The number of pyridine rings is 1. The third kappa shape index (κ3) is 2.33. The van der Waals surface area contributed by atoms with Crippen LogP contribution in [0.5, 0.6) is 5.75 Å². The summed E-state index contributed by atoms with van der Waals surface area (Å²) in [6, 6.07) is 5.59. The highest BCUT2D eigenvalue weighted by molar-refractivity contribution is 7.12. The van der Waals surface area contributed by atoms with E-state index in [1.54, 1.807) is 36.8 Å². The fourth-order valence-corrected chi connectivity index (χ4v) is 2.68. The SMILES string of the molecule is COc1cccnc1C(O)c1cc(C)c(C)s1. The number of rotatable bonds is 3. The molecule has 1 N–H and O–H groups in total. The highest BCUT2D eigenvalue weighted by Crippen LogP contribution is 2.33. The molecule has 4 heteroatoms. The minimum atomic E-state index is -0.719. The number of aryl methyl sites for hydroxylation is 2. The molecule has 2 heterocycles. The van der Waals surface area contributed by atoms with E-state index in [1.807, 2.05) is 19.9 Å². The van der Waals surface area contributed by atoms with Gasteiger partial charge in [-0.05, 0) is 37.6 Å². The van der Waals surface area contributed by atoms with Gasteiger partial charge in [0.25, 0.3) is 0 Å². The molecule has 17 heavy (non-hydrogen) atoms. The predicted molar refractivity (Wildman–Crippen MR) is 68.6 cm³/mol. The Kier molecular flexibility index (Phi) is 3.45. The van der Waals surface area contributed by atoms with E-state index >= 15 is 0 Å². The van der Waals surface area contributed by atoms with Gasteiger partial charge in [0.2, 0.25) is 0 Å². The van der Waals surface area contributed by atoms with Crippen molar-refractivity contribution in [3.8, 4) is 5.75 Å². The normalized spacial score (nSPS) is 12.5. The molecule has 1 unspecified atom stereocenters. The molecule has 0 saturated heterocycles. The number of hydrogen-bond donors (Lipinski definition) is 1. The monoisotopic (exact) mass is 249 g/mol. The summed E-state index contributed by atoms with van der Waals surface area (Å²) in [6.07, 6.45) is 0.942. The maximum Gasteiger partial charge on any atom is 0.143 e. The van der Waals surface area contributed by atoms with Crippen LogP contribution >= 0.6 is 11.3 Å². The quantitative estimate of drug-likeness (QED) is 0.909. The number of aromatic nitrogens is 1. The van der Waals surface area contributed by atoms with Crippen molar-refractivity contribution in [1.82, 2.24) is 4.98 Å². The van der Waals surface area contributed by atoms with E-state index in [9.17, 15) is 5.11 Å². The molecule has 0 aliphatic heterocycles. The van der Waals surface area contributed by atoms with Crippen LogP contribution in [0.25, 0.3) is 0 Å². The van der Waals surface area contributed by atoms with E-state index in [0.29, 0.717) is 11.4 Å². The van der Waals surface area contributed by atoms with Crippen LogP contribution in [-0.4, -0.2) is 17.2 Å². The van der Waals surface area contributed by atoms with Crippen LogP contribution in [0.2, 0.25) is 0 Å². The van der Waals surface area contributed by atoms with Crippen LogP contribution in [0.3, 0.4) is 0 Å². The molecule has 0 amide bonds. The Labute approximate surface area is 105 Å². The Hall–Kier alpha value is -1.39. The number of hydrogen-bond acceptors (Lipinski definition) is 4. The highest BCUT2D eigenvalue weighted by Gasteiger charge is 2.19. The Balaban J connectivity index is 2.39. The molecule has 90 valence electrons. The molecular formula is C13H15NO2S. The largest absolute Gasteiger partial charge is 0.495 e. The molecule has 0 aromatic carbocycles. The molecule has 0 aliphatic carbocycles. The molecule has 0 aliphatic rings. The van der Waals surface area contributed by atoms with E-state index in [4.69, 9.17) is 4.74 Å². The van der Waals surface area contributed by atoms with Gasteiger partial charge in [0.15, 0.2) is 0 Å². The van der Waals surface area contributed by atoms with Crippen LogP contribution in [-0.2, 0) is 0 Å². The van der Waals surface area contributed by atoms with Gasteiger partial charge in [0.1, 0.15) is 17.5 Å². The van der Waals surface area contributed by atoms with Crippen LogP contribution in [0, 0.1) is 13.8 Å². The fourth-order valence-electron chi connectivity index (χ4n) is 1.65. The van der Waals surface area contributed by atoms with E-state index in [1.165, 1.54) is 10.4 Å². The summed E-state index contributed by atoms with van der Waals surface area (Å²) in [7, 11) is 1.58. The zero-order chi connectivity index (χ0) is 12.4. The van der Waals surface area contributed by atoms with E-state index in [2.05, 4.69) is 4.98 Å². The summed E-state index contributed by atoms with van der Waals surface area (Å²) in [6.45, 7) is 4.09. The standard InChI is InChI=1S/C13H15NO2S/c1-8-7-11(17-9(8)2)13(15)12-10(16-3)5-4-6-14-12/h4-7,13,15H,1-3H3. The Morgan fingerprint density at radius 2 is 2.18 bits per heavy atom. The van der Waals surface area contributed by atoms with Crippen molar-refractivity contribution in [2.75, 3.05) is 7.11 Å². The van der Waals surface area contributed by atoms with Crippen molar-refractivity contribution in [2.24, 2.45) is 0 Å². The number of aliphatic hydroxyl groups is 1. The number of ether oxygens (including phenoxy) is 1. The molecule has 0 bridgehead atoms. The summed E-state index contributed by atoms with van der Waals surface area (Å²) >= 11 is 1.59. The predicted octanol–water partition coefficient (Wildman–Crippen LogP) is 2.85. The fraction of sp³-hybridized carbons (Fsp3) is 0.308. The van der Waals surface area contributed by atoms with Gasteiger partial charge in [-0.2, -0.15) is 0 Å². The molecule has 3 nitrogen and oxygen atoms in total. The molecule has 0 fully saturated rings. The Morgan fingerprint density at radius 3 is 2.76 bits per heavy atom. The Bertz CT molecular complexity index is 502. The first-order chi connectivity index (χ1) is 8.13. The van der Waals surface area contributed by atoms with Crippen molar-refractivity contribution in [3.63, 3.8) is 0 Å². The minimum Gasteiger partial charge on any atom is -0.495 e. The zero-order valence-corrected chi connectivity index (χ0v) is 10.9. The molecule has 2 aromatic rings. The molecule has 0 saturated carbocycles. The highest BCUT2D eigenvalue weighted by atomic mass is 32.1. The lowest BCUT2D eigenvalue weighted by atomic mass is 10.1. The second-order valence-electron chi connectivity index (χ2n) is 3.88. The van der Waals surface area contributed by atoms with Crippen LogP contribution in [0.1, 0.15) is 27.1 Å². The Morgan fingerprint density at radius 1 is 1.41 bits per heavy atom. The number of methoxy groups -OCH3 is 1. The summed E-state index contributed by atoms with van der Waals surface area (Å²) < 4.78 is 5.21. The van der Waals surface area contributed by atoms with Crippen molar-refractivity contribution < 1.29 is 9.84 Å². The van der Waals surface area contributed by atoms with Crippen molar-refractivity contribution in [3.05, 3.63) is 45.4 Å². The molecule has 0 spiro atoms. The number of thiophene rings is 1. The summed E-state index contributed by atoms with van der Waals surface area (Å²) in [5, 5.41) is 10.3. The van der Waals surface area contributed by atoms with Gasteiger partial charge < -0.3 is 9.84 Å². The maximum absolute atomic E-state index is 10.3. The van der Waals surface area contributed by atoms with Gasteiger partial charge in [0, 0.05) is 16.0 Å².